The van der Waals surface area contributed by atoms with E-state index in [1.807, 2.05) is 50.9 Å². The van der Waals surface area contributed by atoms with Crippen LogP contribution < -0.4 is 15.8 Å². The van der Waals surface area contributed by atoms with Crippen LogP contribution in [0.15, 0.2) is 66.7 Å². The van der Waals surface area contributed by atoms with E-state index in [4.69, 9.17) is 27.2 Å². The molecule has 1 fully saturated rings. The smallest absolute Gasteiger partial charge is 0.407 e. The van der Waals surface area contributed by atoms with Gasteiger partial charge in [0, 0.05) is 35.1 Å². The van der Waals surface area contributed by atoms with Gasteiger partial charge in [0.25, 0.3) is 0 Å². The van der Waals surface area contributed by atoms with E-state index in [2.05, 4.69) is 46.7 Å². The highest BCUT2D eigenvalue weighted by molar-refractivity contribution is 6.31. The van der Waals surface area contributed by atoms with Crippen molar-refractivity contribution in [3.05, 3.63) is 82.9 Å². The average Bonchev–Trinajstić information content (AvgIpc) is 3.71. The Bertz CT molecular complexity index is 1650. The number of benzene rings is 3. The molecular formula is C31H33ClN6O2. The number of nitrogens with zero attached hydrogens (tertiary/aromatic N) is 3. The minimum Gasteiger partial charge on any atom is -0.444 e. The third kappa shape index (κ3) is 5.58. The van der Waals surface area contributed by atoms with Crippen LogP contribution in [0.4, 0.5) is 16.3 Å². The van der Waals surface area contributed by atoms with Crippen LogP contribution in [0.1, 0.15) is 39.2 Å². The molecule has 1 aliphatic rings. The predicted octanol–water partition coefficient (Wildman–Crippen LogP) is 6.62. The Labute approximate surface area is 238 Å². The van der Waals surface area contributed by atoms with E-state index in [0.717, 1.165) is 41.4 Å². The molecule has 3 aromatic carbocycles. The number of hydrogen-bond donors (Lipinski definition) is 3. The summed E-state index contributed by atoms with van der Waals surface area (Å²) in [6, 6.07) is 22.1. The van der Waals surface area contributed by atoms with Crippen molar-refractivity contribution in [1.82, 2.24) is 14.9 Å². The van der Waals surface area contributed by atoms with Gasteiger partial charge in [-0.2, -0.15) is 4.98 Å². The van der Waals surface area contributed by atoms with Crippen molar-refractivity contribution in [2.75, 3.05) is 18.5 Å². The zero-order valence-corrected chi connectivity index (χ0v) is 23.8. The molecule has 1 amide bonds. The van der Waals surface area contributed by atoms with Gasteiger partial charge in [0.05, 0.1) is 11.9 Å². The summed E-state index contributed by atoms with van der Waals surface area (Å²) in [5.74, 6) is 0.607. The SMILES string of the molecule is CN(c1cccc(-c2ccc(C3(CNC(=O)OC(C)(C)C)CC3)cc2)c1)c1nc(=N)n(C=N)c2cc(Cl)ccc12. The second-order valence-corrected chi connectivity index (χ2v) is 11.7. The molecule has 0 atom stereocenters. The Morgan fingerprint density at radius 1 is 1.12 bits per heavy atom. The minimum atomic E-state index is -0.519. The van der Waals surface area contributed by atoms with Gasteiger partial charge in [-0.3, -0.25) is 15.4 Å². The number of alkyl carbamates (subject to hydrolysis) is 1. The number of fused-ring (bicyclic) bond motifs is 1. The van der Waals surface area contributed by atoms with Gasteiger partial charge in [-0.05, 0) is 80.6 Å². The van der Waals surface area contributed by atoms with Crippen molar-refractivity contribution in [1.29, 1.82) is 10.8 Å². The van der Waals surface area contributed by atoms with Crippen LogP contribution in [0.3, 0.4) is 0 Å². The Hall–Kier alpha value is -4.17. The first-order valence-corrected chi connectivity index (χ1v) is 13.6. The minimum absolute atomic E-state index is 0.0399. The van der Waals surface area contributed by atoms with E-state index < -0.39 is 5.60 Å². The van der Waals surface area contributed by atoms with Gasteiger partial charge in [0.1, 0.15) is 11.4 Å². The summed E-state index contributed by atoms with van der Waals surface area (Å²) in [6.07, 6.45) is 2.75. The number of hydrogen-bond acceptors (Lipinski definition) is 6. The molecule has 1 saturated carbocycles. The number of amides is 1. The summed E-state index contributed by atoms with van der Waals surface area (Å²) in [7, 11) is 1.92. The van der Waals surface area contributed by atoms with E-state index in [9.17, 15) is 4.79 Å². The zero-order chi connectivity index (χ0) is 28.7. The fourth-order valence-electron chi connectivity index (χ4n) is 4.91. The Morgan fingerprint density at radius 2 is 1.85 bits per heavy atom. The number of carbonyl (C=O) groups is 1. The van der Waals surface area contributed by atoms with Crippen molar-refractivity contribution in [2.45, 2.75) is 44.6 Å². The molecule has 4 aromatic rings. The van der Waals surface area contributed by atoms with E-state index in [0.29, 0.717) is 22.9 Å². The first kappa shape index (κ1) is 27.4. The molecule has 0 spiro atoms. The molecule has 5 rings (SSSR count). The summed E-state index contributed by atoms with van der Waals surface area (Å²) in [5.41, 5.74) is 4.29. The standard InChI is InChI=1S/C31H33ClN6O2/c1-30(2,3)40-29(39)35-18-31(14-15-31)22-10-8-20(9-11-22)21-6-5-7-24(16-21)37(4)27-25-13-12-23(32)17-26(25)38(19-33)28(34)36-27/h5-13,16-17,19,33-34H,14-15,18H2,1-4H3,(H,35,39). The quantitative estimate of drug-likeness (QED) is 0.176. The third-order valence-electron chi connectivity index (χ3n) is 7.23. The number of halogens is 1. The molecule has 9 heteroatoms. The fourth-order valence-corrected chi connectivity index (χ4v) is 5.08. The summed E-state index contributed by atoms with van der Waals surface area (Å²) in [4.78, 5) is 18.6. The third-order valence-corrected chi connectivity index (χ3v) is 7.47. The van der Waals surface area contributed by atoms with Crippen LogP contribution in [0, 0.1) is 10.8 Å². The zero-order valence-electron chi connectivity index (χ0n) is 23.1. The monoisotopic (exact) mass is 556 g/mol. The lowest BCUT2D eigenvalue weighted by Gasteiger charge is -2.22. The molecule has 3 N–H and O–H groups in total. The lowest BCUT2D eigenvalue weighted by molar-refractivity contribution is 0.0522. The second kappa shape index (κ2) is 10.4. The lowest BCUT2D eigenvalue weighted by Crippen LogP contribution is -2.37. The Kier molecular flexibility index (Phi) is 7.14. The maximum Gasteiger partial charge on any atom is 0.407 e. The summed E-state index contributed by atoms with van der Waals surface area (Å²) in [6.45, 7) is 6.14. The van der Waals surface area contributed by atoms with Gasteiger partial charge in [-0.15, -0.1) is 0 Å². The molecule has 1 heterocycles. The van der Waals surface area contributed by atoms with Gasteiger partial charge in [-0.1, -0.05) is 48.0 Å². The predicted molar refractivity (Wildman–Crippen MR) is 160 cm³/mol. The highest BCUT2D eigenvalue weighted by Gasteiger charge is 2.44. The fraction of sp³-hybridized carbons (Fsp3) is 0.290. The number of ether oxygens (including phenoxy) is 1. The maximum absolute atomic E-state index is 12.2. The summed E-state index contributed by atoms with van der Waals surface area (Å²) in [5, 5.41) is 20.4. The van der Waals surface area contributed by atoms with Crippen molar-refractivity contribution >= 4 is 46.4 Å². The van der Waals surface area contributed by atoms with Crippen molar-refractivity contribution in [3.8, 4) is 11.1 Å². The molecule has 0 bridgehead atoms. The topological polar surface area (TPSA) is 107 Å². The van der Waals surface area contributed by atoms with Gasteiger partial charge >= 0.3 is 6.09 Å². The first-order valence-electron chi connectivity index (χ1n) is 13.2. The number of carbonyl (C=O) groups excluding carboxylic acids is 1. The lowest BCUT2D eigenvalue weighted by atomic mass is 9.93. The van der Waals surface area contributed by atoms with E-state index in [1.54, 1.807) is 12.1 Å². The van der Waals surface area contributed by atoms with Crippen molar-refractivity contribution in [3.63, 3.8) is 0 Å². The van der Waals surface area contributed by atoms with Crippen LogP contribution in [-0.4, -0.2) is 41.2 Å². The van der Waals surface area contributed by atoms with Crippen LogP contribution in [0.5, 0.6) is 0 Å². The summed E-state index contributed by atoms with van der Waals surface area (Å²) >= 11 is 6.23. The van der Waals surface area contributed by atoms with Crippen LogP contribution in [0.25, 0.3) is 22.0 Å². The summed E-state index contributed by atoms with van der Waals surface area (Å²) < 4.78 is 6.79. The molecule has 8 nitrogen and oxygen atoms in total. The molecule has 206 valence electrons. The Morgan fingerprint density at radius 3 is 2.50 bits per heavy atom. The molecule has 0 radical (unpaired) electrons. The van der Waals surface area contributed by atoms with E-state index >= 15 is 0 Å². The molecule has 0 aliphatic heterocycles. The molecule has 1 aliphatic carbocycles. The number of rotatable bonds is 7. The van der Waals surface area contributed by atoms with Crippen LogP contribution in [0.2, 0.25) is 5.02 Å². The van der Waals surface area contributed by atoms with Crippen molar-refractivity contribution < 1.29 is 9.53 Å². The Balaban J connectivity index is 1.38. The van der Waals surface area contributed by atoms with Gasteiger partial charge in [0.2, 0.25) is 5.62 Å². The molecule has 1 aromatic heterocycles. The number of aromatic nitrogens is 2. The highest BCUT2D eigenvalue weighted by atomic mass is 35.5. The number of nitrogens with one attached hydrogen (secondary N) is 3. The molecule has 0 unspecified atom stereocenters. The van der Waals surface area contributed by atoms with Crippen molar-refractivity contribution in [2.24, 2.45) is 0 Å². The average molecular weight is 557 g/mol. The molecule has 40 heavy (non-hydrogen) atoms. The maximum atomic E-state index is 12.2. The van der Waals surface area contributed by atoms with Gasteiger partial charge in [-0.25, -0.2) is 4.79 Å². The first-order chi connectivity index (χ1) is 19.0. The van der Waals surface area contributed by atoms with Crippen LogP contribution in [-0.2, 0) is 10.2 Å². The molecule has 0 saturated heterocycles. The normalized spacial score (nSPS) is 14.0. The van der Waals surface area contributed by atoms with E-state index in [1.165, 1.54) is 10.1 Å². The second-order valence-electron chi connectivity index (χ2n) is 11.2. The van der Waals surface area contributed by atoms with Gasteiger partial charge in [0.15, 0.2) is 0 Å². The number of anilines is 2. The highest BCUT2D eigenvalue weighted by Crippen LogP contribution is 2.48. The largest absolute Gasteiger partial charge is 0.444 e. The molecular weight excluding hydrogens is 524 g/mol. The van der Waals surface area contributed by atoms with E-state index in [-0.39, 0.29) is 17.1 Å². The van der Waals surface area contributed by atoms with Crippen LogP contribution >= 0.6 is 11.6 Å². The van der Waals surface area contributed by atoms with Gasteiger partial charge < -0.3 is 15.0 Å².